The monoisotopic (exact) mass is 580 g/mol. The van der Waals surface area contributed by atoms with Gasteiger partial charge in [-0.25, -0.2) is 9.18 Å². The first-order valence-corrected chi connectivity index (χ1v) is 15.0. The van der Waals surface area contributed by atoms with Gasteiger partial charge < -0.3 is 14.5 Å². The van der Waals surface area contributed by atoms with E-state index in [1.807, 2.05) is 18.2 Å². The van der Waals surface area contributed by atoms with E-state index < -0.39 is 23.6 Å². The Balaban J connectivity index is 1.28. The van der Waals surface area contributed by atoms with Crippen molar-refractivity contribution in [2.45, 2.75) is 29.5 Å². The predicted molar refractivity (Wildman–Crippen MR) is 146 cm³/mol. The average molecular weight is 581 g/mol. The van der Waals surface area contributed by atoms with Crippen molar-refractivity contribution in [2.75, 3.05) is 18.1 Å². The number of halogens is 1. The van der Waals surface area contributed by atoms with Crippen LogP contribution in [0.5, 0.6) is 5.75 Å². The summed E-state index contributed by atoms with van der Waals surface area (Å²) in [6.07, 6.45) is 0.744. The molecule has 3 heterocycles. The van der Waals surface area contributed by atoms with Crippen LogP contribution in [0.15, 0.2) is 58.4 Å². The largest absolute Gasteiger partial charge is 0.482 e. The number of thioether (sulfide) groups is 1. The smallest absolute Gasteiger partial charge is 0.344 e. The second-order valence-corrected chi connectivity index (χ2v) is 12.8. The van der Waals surface area contributed by atoms with Crippen LogP contribution in [-0.2, 0) is 19.1 Å². The second kappa shape index (κ2) is 9.59. The Labute approximate surface area is 236 Å². The highest BCUT2D eigenvalue weighted by Gasteiger charge is 2.69. The summed E-state index contributed by atoms with van der Waals surface area (Å²) in [6, 6.07) is 12.9. The number of fused-ring (bicyclic) bond motifs is 9. The molecule has 40 heavy (non-hydrogen) atoms. The molecule has 0 spiro atoms. The topological polar surface area (TPSA) is 106 Å². The zero-order chi connectivity index (χ0) is 27.7. The van der Waals surface area contributed by atoms with Crippen molar-refractivity contribution >= 4 is 46.6 Å². The van der Waals surface area contributed by atoms with Crippen LogP contribution in [0, 0.1) is 35.4 Å². The lowest BCUT2D eigenvalue weighted by Gasteiger charge is -2.43. The second-order valence-electron chi connectivity index (χ2n) is 10.6. The molecule has 2 aromatic carbocycles. The lowest BCUT2D eigenvalue weighted by atomic mass is 9.68. The first-order valence-electron chi connectivity index (χ1n) is 13.3. The maximum atomic E-state index is 13.8. The van der Waals surface area contributed by atoms with E-state index in [1.54, 1.807) is 24.8 Å². The molecule has 1 aromatic heterocycles. The number of carbonyl (C=O) groups excluding carboxylic acids is 3. The maximum Gasteiger partial charge on any atom is 0.344 e. The molecule has 8 nitrogen and oxygen atoms in total. The number of imide groups is 1. The molecule has 11 heteroatoms. The van der Waals surface area contributed by atoms with Crippen LogP contribution in [0.2, 0.25) is 0 Å². The van der Waals surface area contributed by atoms with E-state index >= 15 is 0 Å². The fourth-order valence-corrected chi connectivity index (χ4v) is 10.3. The summed E-state index contributed by atoms with van der Waals surface area (Å²) >= 11 is 2.76. The summed E-state index contributed by atoms with van der Waals surface area (Å²) in [5.74, 6) is -2.16. The van der Waals surface area contributed by atoms with Gasteiger partial charge in [-0.15, -0.1) is 11.8 Å². The lowest BCUT2D eigenvalue weighted by Crippen LogP contribution is -2.42. The number of hydrogen-bond acceptors (Lipinski definition) is 8. The normalized spacial score (nSPS) is 29.8. The van der Waals surface area contributed by atoms with Gasteiger partial charge in [0, 0.05) is 21.6 Å². The summed E-state index contributed by atoms with van der Waals surface area (Å²) in [5.41, 5.74) is 1.23. The highest BCUT2D eigenvalue weighted by molar-refractivity contribution is 8.00. The van der Waals surface area contributed by atoms with E-state index in [1.165, 1.54) is 29.2 Å². The first kappa shape index (κ1) is 25.5. The minimum atomic E-state index is -0.475. The number of anilines is 1. The van der Waals surface area contributed by atoms with E-state index in [0.717, 1.165) is 33.2 Å². The number of esters is 1. The average Bonchev–Trinajstić information content (AvgIpc) is 3.67. The van der Waals surface area contributed by atoms with E-state index in [-0.39, 0.29) is 58.8 Å². The molecular formula is C29H25FN2O6S2. The van der Waals surface area contributed by atoms with Gasteiger partial charge in [0.05, 0.1) is 29.2 Å². The molecule has 1 saturated heterocycles. The number of ether oxygens (including phenoxy) is 2. The summed E-state index contributed by atoms with van der Waals surface area (Å²) in [6.45, 7) is 1.74. The van der Waals surface area contributed by atoms with E-state index in [4.69, 9.17) is 9.47 Å². The van der Waals surface area contributed by atoms with Gasteiger partial charge >= 0.3 is 10.8 Å². The fraction of sp³-hybridized carbons (Fsp3) is 0.379. The summed E-state index contributed by atoms with van der Waals surface area (Å²) in [7, 11) is 0. The molecule has 206 valence electrons. The quantitative estimate of drug-likeness (QED) is 0.344. The molecule has 1 N–H and O–H groups in total. The summed E-state index contributed by atoms with van der Waals surface area (Å²) < 4.78 is 24.6. The van der Waals surface area contributed by atoms with Gasteiger partial charge in [0.15, 0.2) is 6.61 Å². The summed E-state index contributed by atoms with van der Waals surface area (Å²) in [4.78, 5) is 57.1. The van der Waals surface area contributed by atoms with E-state index in [2.05, 4.69) is 4.98 Å². The van der Waals surface area contributed by atoms with Crippen LogP contribution in [0.25, 0.3) is 0 Å². The van der Waals surface area contributed by atoms with Gasteiger partial charge in [0.25, 0.3) is 0 Å². The van der Waals surface area contributed by atoms with Crippen LogP contribution in [0.3, 0.4) is 0 Å². The number of carbonyl (C=O) groups is 3. The van der Waals surface area contributed by atoms with Crippen LogP contribution in [0.4, 0.5) is 10.1 Å². The fourth-order valence-electron chi connectivity index (χ4n) is 7.42. The standard InChI is InChI=1S/C29H25FN2O6S2/c1-2-37-19(33)12-38-18-6-4-3-5-15(18)20-21-16-11-17(24(21)39-26-25(20)40-29(36)31-26)23-22(16)27(34)32(28(23)35)14-9-7-13(30)8-10-14/h3-10,16-17,20-24H,2,11-12H2,1H3,(H,31,36)/t16?,17?,20-,21?,22?,23?,24?/m1/s1. The molecule has 7 atom stereocenters. The van der Waals surface area contributed by atoms with Crippen molar-refractivity contribution in [3.05, 3.63) is 74.5 Å². The zero-order valence-corrected chi connectivity index (χ0v) is 23.0. The van der Waals surface area contributed by atoms with E-state index in [0.29, 0.717) is 11.4 Å². The molecular weight excluding hydrogens is 555 g/mol. The van der Waals surface area contributed by atoms with Crippen molar-refractivity contribution in [1.82, 2.24) is 4.98 Å². The third-order valence-corrected chi connectivity index (χ3v) is 11.3. The Morgan fingerprint density at radius 3 is 2.52 bits per heavy atom. The number of thiazole rings is 1. The molecule has 3 aromatic rings. The number of para-hydroxylation sites is 1. The molecule has 2 aliphatic heterocycles. The molecule has 4 aliphatic rings. The minimum Gasteiger partial charge on any atom is -0.482 e. The van der Waals surface area contributed by atoms with Crippen molar-refractivity contribution < 1.29 is 28.2 Å². The Bertz CT molecular complexity index is 1590. The number of H-pyrrole nitrogens is 1. The molecule has 2 amide bonds. The van der Waals surface area contributed by atoms with Gasteiger partial charge in [-0.1, -0.05) is 29.5 Å². The first-order chi connectivity index (χ1) is 19.4. The number of rotatable bonds is 6. The van der Waals surface area contributed by atoms with Crippen LogP contribution >= 0.6 is 23.1 Å². The van der Waals surface area contributed by atoms with Crippen LogP contribution < -0.4 is 14.5 Å². The number of aromatic nitrogens is 1. The van der Waals surface area contributed by atoms with Crippen LogP contribution in [0.1, 0.15) is 29.7 Å². The van der Waals surface area contributed by atoms with Gasteiger partial charge in [0.1, 0.15) is 11.6 Å². The highest BCUT2D eigenvalue weighted by atomic mass is 32.2. The summed E-state index contributed by atoms with van der Waals surface area (Å²) in [5, 5.41) is 0.801. The lowest BCUT2D eigenvalue weighted by molar-refractivity contribution is -0.145. The molecule has 6 unspecified atom stereocenters. The Morgan fingerprint density at radius 1 is 1.05 bits per heavy atom. The molecule has 0 radical (unpaired) electrons. The third kappa shape index (κ3) is 3.77. The molecule has 2 saturated carbocycles. The minimum absolute atomic E-state index is 0.0111. The predicted octanol–water partition coefficient (Wildman–Crippen LogP) is 4.20. The molecule has 2 aliphatic carbocycles. The zero-order valence-electron chi connectivity index (χ0n) is 21.4. The number of benzene rings is 2. The van der Waals surface area contributed by atoms with E-state index in [9.17, 15) is 23.6 Å². The van der Waals surface area contributed by atoms with Crippen molar-refractivity contribution in [3.8, 4) is 5.75 Å². The van der Waals surface area contributed by atoms with Crippen LogP contribution in [-0.4, -0.2) is 41.2 Å². The van der Waals surface area contributed by atoms with Gasteiger partial charge in [-0.3, -0.25) is 19.3 Å². The number of nitrogens with one attached hydrogen (secondary N) is 1. The van der Waals surface area contributed by atoms with Crippen molar-refractivity contribution in [1.29, 1.82) is 0 Å². The Morgan fingerprint density at radius 2 is 1.77 bits per heavy atom. The molecule has 7 rings (SSSR count). The van der Waals surface area contributed by atoms with Gasteiger partial charge in [-0.2, -0.15) is 0 Å². The maximum absolute atomic E-state index is 13.8. The van der Waals surface area contributed by atoms with Gasteiger partial charge in [-0.05, 0) is 61.4 Å². The number of hydrogen-bond donors (Lipinski definition) is 1. The number of nitrogens with zero attached hydrogens (tertiary/aromatic N) is 1. The Hall–Kier alpha value is -3.44. The highest BCUT2D eigenvalue weighted by Crippen LogP contribution is 2.69. The number of amides is 2. The molecule has 3 fully saturated rings. The van der Waals surface area contributed by atoms with Crippen molar-refractivity contribution in [3.63, 3.8) is 0 Å². The van der Waals surface area contributed by atoms with Gasteiger partial charge in [0.2, 0.25) is 11.8 Å². The third-order valence-electron chi connectivity index (χ3n) is 8.71. The Kier molecular flexibility index (Phi) is 6.12. The number of aromatic amines is 1. The molecule has 2 bridgehead atoms. The van der Waals surface area contributed by atoms with Crippen molar-refractivity contribution in [2.24, 2.45) is 29.6 Å². The SMILES string of the molecule is CCOC(=O)COc1ccccc1[C@H]1c2sc(=O)[nH]c2SC2C3CC(C4C(=O)N(c5ccc(F)cc5)C(=O)C34)C21.